The molecule has 0 radical (unpaired) electrons. The van der Waals surface area contributed by atoms with Crippen LogP contribution >= 0.6 is 0 Å². The van der Waals surface area contributed by atoms with Crippen molar-refractivity contribution in [1.29, 1.82) is 0 Å². The van der Waals surface area contributed by atoms with E-state index >= 15 is 0 Å². The average Bonchev–Trinajstić information content (AvgIpc) is 3.02. The fourth-order valence-electron chi connectivity index (χ4n) is 4.46. The summed E-state index contributed by atoms with van der Waals surface area (Å²) in [5.74, 6) is -1.72. The van der Waals surface area contributed by atoms with Gasteiger partial charge in [-0.05, 0) is 18.6 Å². The molecule has 3 heterocycles. The number of imide groups is 1. The van der Waals surface area contributed by atoms with E-state index in [-0.39, 0.29) is 23.6 Å². The Kier molecular flexibility index (Phi) is 3.24. The molecule has 3 aliphatic heterocycles. The third-order valence-corrected chi connectivity index (χ3v) is 5.60. The van der Waals surface area contributed by atoms with Gasteiger partial charge < -0.3 is 4.90 Å². The lowest BCUT2D eigenvalue weighted by Gasteiger charge is -2.39. The predicted molar refractivity (Wildman–Crippen MR) is 94.7 cm³/mol. The summed E-state index contributed by atoms with van der Waals surface area (Å²) in [6.07, 6.45) is 2.04. The van der Waals surface area contributed by atoms with Crippen molar-refractivity contribution in [3.8, 4) is 0 Å². The molecule has 5 nitrogen and oxygen atoms in total. The number of carbonyl (C=O) groups excluding carboxylic acids is 3. The second-order valence-electron chi connectivity index (χ2n) is 8.23. The number of benzene rings is 1. The van der Waals surface area contributed by atoms with Crippen LogP contribution in [0.3, 0.4) is 0 Å². The summed E-state index contributed by atoms with van der Waals surface area (Å²) in [6, 6.07) is 7.02. The van der Waals surface area contributed by atoms with Gasteiger partial charge in [-0.15, -0.1) is 0 Å². The Morgan fingerprint density at radius 3 is 2.40 bits per heavy atom. The second kappa shape index (κ2) is 5.04. The maximum Gasteiger partial charge on any atom is 0.233 e. The maximum absolute atomic E-state index is 13.3. The summed E-state index contributed by atoms with van der Waals surface area (Å²) in [4.78, 5) is 40.2. The number of allylic oxidation sites excluding steroid dienone is 1. The van der Waals surface area contributed by atoms with Crippen LogP contribution in [0.2, 0.25) is 0 Å². The van der Waals surface area contributed by atoms with Crippen molar-refractivity contribution in [1.82, 2.24) is 5.32 Å². The van der Waals surface area contributed by atoms with Crippen molar-refractivity contribution in [3.05, 3.63) is 35.9 Å². The first-order valence-electron chi connectivity index (χ1n) is 8.67. The standard InChI is InChI=1S/C20H22N2O3/c1-10-9-13-14-15(19(25)21-18(14)24)16(17(23)20(2,3)4)22(13)12-8-6-5-7-11(10)12/h5-9,13-16H,1-4H3,(H,21,24,25)/t13-,14+,15-,16-/m0/s1. The molecule has 2 saturated heterocycles. The van der Waals surface area contributed by atoms with E-state index in [1.54, 1.807) is 0 Å². The van der Waals surface area contributed by atoms with Gasteiger partial charge in [0.15, 0.2) is 5.78 Å². The number of hydrogen-bond acceptors (Lipinski definition) is 4. The molecule has 0 saturated carbocycles. The third-order valence-electron chi connectivity index (χ3n) is 5.60. The summed E-state index contributed by atoms with van der Waals surface area (Å²) in [5.41, 5.74) is 2.47. The second-order valence-corrected chi connectivity index (χ2v) is 8.23. The molecule has 0 unspecified atom stereocenters. The quantitative estimate of drug-likeness (QED) is 0.797. The molecule has 2 fully saturated rings. The SMILES string of the molecule is CC1=C[C@H]2[C@H]3C(=O)NC(=O)[C@@H]3[C@@H](C(=O)C(C)(C)C)N2c2ccccc21. The Morgan fingerprint density at radius 1 is 1.08 bits per heavy atom. The molecule has 25 heavy (non-hydrogen) atoms. The molecule has 4 atom stereocenters. The minimum atomic E-state index is -0.626. The first-order chi connectivity index (χ1) is 11.7. The monoisotopic (exact) mass is 338 g/mol. The van der Waals surface area contributed by atoms with E-state index in [0.717, 1.165) is 16.8 Å². The van der Waals surface area contributed by atoms with Crippen LogP contribution in [-0.2, 0) is 14.4 Å². The number of nitrogens with one attached hydrogen (secondary N) is 1. The van der Waals surface area contributed by atoms with Crippen LogP contribution < -0.4 is 10.2 Å². The zero-order valence-electron chi connectivity index (χ0n) is 14.9. The first-order valence-corrected chi connectivity index (χ1v) is 8.67. The van der Waals surface area contributed by atoms with Crippen LogP contribution in [0.5, 0.6) is 0 Å². The number of nitrogens with zero attached hydrogens (tertiary/aromatic N) is 1. The number of carbonyl (C=O) groups is 3. The summed E-state index contributed by atoms with van der Waals surface area (Å²) in [6.45, 7) is 7.61. The normalized spacial score (nSPS) is 30.4. The van der Waals surface area contributed by atoms with Crippen molar-refractivity contribution in [2.45, 2.75) is 39.8 Å². The number of amides is 2. The topological polar surface area (TPSA) is 66.5 Å². The fourth-order valence-corrected chi connectivity index (χ4v) is 4.46. The maximum atomic E-state index is 13.3. The Bertz CT molecular complexity index is 834. The lowest BCUT2D eigenvalue weighted by molar-refractivity contribution is -0.132. The zero-order valence-corrected chi connectivity index (χ0v) is 14.9. The molecule has 3 aliphatic rings. The minimum absolute atomic E-state index is 0.00222. The van der Waals surface area contributed by atoms with Gasteiger partial charge in [-0.2, -0.15) is 0 Å². The number of fused-ring (bicyclic) bond motifs is 5. The highest BCUT2D eigenvalue weighted by Gasteiger charge is 2.62. The largest absolute Gasteiger partial charge is 0.353 e. The van der Waals surface area contributed by atoms with Gasteiger partial charge in [0, 0.05) is 16.7 Å². The molecule has 0 aromatic heterocycles. The highest BCUT2D eigenvalue weighted by molar-refractivity contribution is 6.12. The van der Waals surface area contributed by atoms with E-state index in [4.69, 9.17) is 0 Å². The van der Waals surface area contributed by atoms with Gasteiger partial charge in [-0.1, -0.05) is 45.0 Å². The van der Waals surface area contributed by atoms with E-state index in [1.807, 2.05) is 62.9 Å². The van der Waals surface area contributed by atoms with E-state index in [2.05, 4.69) is 5.32 Å². The van der Waals surface area contributed by atoms with Gasteiger partial charge >= 0.3 is 0 Å². The van der Waals surface area contributed by atoms with Gasteiger partial charge in [0.1, 0.15) is 6.04 Å². The summed E-state index contributed by atoms with van der Waals surface area (Å²) >= 11 is 0. The molecule has 0 spiro atoms. The average molecular weight is 338 g/mol. The van der Waals surface area contributed by atoms with Gasteiger partial charge in [0.2, 0.25) is 11.8 Å². The van der Waals surface area contributed by atoms with Gasteiger partial charge in [-0.25, -0.2) is 0 Å². The fraction of sp³-hybridized carbons (Fsp3) is 0.450. The molecular formula is C20H22N2O3. The van der Waals surface area contributed by atoms with Crippen LogP contribution in [0.15, 0.2) is 30.3 Å². The van der Waals surface area contributed by atoms with Gasteiger partial charge in [0.25, 0.3) is 0 Å². The van der Waals surface area contributed by atoms with Crippen molar-refractivity contribution in [2.24, 2.45) is 17.3 Å². The smallest absolute Gasteiger partial charge is 0.233 e. The lowest BCUT2D eigenvalue weighted by atomic mass is 9.79. The van der Waals surface area contributed by atoms with E-state index < -0.39 is 23.3 Å². The number of hydrogen-bond donors (Lipinski definition) is 1. The van der Waals surface area contributed by atoms with Crippen LogP contribution in [0, 0.1) is 17.3 Å². The molecule has 1 aromatic rings. The number of Topliss-reactive ketones (excluding diaryl/α,β-unsaturated/α-hetero) is 1. The van der Waals surface area contributed by atoms with Crippen LogP contribution in [0.1, 0.15) is 33.3 Å². The van der Waals surface area contributed by atoms with Crippen LogP contribution in [0.4, 0.5) is 5.69 Å². The molecule has 0 aliphatic carbocycles. The molecule has 0 bridgehead atoms. The number of para-hydroxylation sites is 1. The number of ketones is 1. The number of anilines is 1. The van der Waals surface area contributed by atoms with Crippen LogP contribution in [-0.4, -0.2) is 29.7 Å². The minimum Gasteiger partial charge on any atom is -0.353 e. The van der Waals surface area contributed by atoms with Crippen LogP contribution in [0.25, 0.3) is 5.57 Å². The summed E-state index contributed by atoms with van der Waals surface area (Å²) in [7, 11) is 0. The molecule has 1 N–H and O–H groups in total. The van der Waals surface area contributed by atoms with Crippen molar-refractivity contribution in [3.63, 3.8) is 0 Å². The van der Waals surface area contributed by atoms with Crippen molar-refractivity contribution < 1.29 is 14.4 Å². The summed E-state index contributed by atoms with van der Waals surface area (Å²) < 4.78 is 0. The zero-order chi connectivity index (χ0) is 18.1. The third kappa shape index (κ3) is 2.11. The summed E-state index contributed by atoms with van der Waals surface area (Å²) in [5, 5.41) is 2.44. The number of rotatable bonds is 1. The van der Waals surface area contributed by atoms with E-state index in [1.165, 1.54) is 0 Å². The van der Waals surface area contributed by atoms with Gasteiger partial charge in [-0.3, -0.25) is 19.7 Å². The highest BCUT2D eigenvalue weighted by atomic mass is 16.2. The molecular weight excluding hydrogens is 316 g/mol. The van der Waals surface area contributed by atoms with E-state index in [9.17, 15) is 14.4 Å². The first kappa shape index (κ1) is 16.1. The molecule has 130 valence electrons. The molecule has 5 heteroatoms. The van der Waals surface area contributed by atoms with Crippen molar-refractivity contribution in [2.75, 3.05) is 4.90 Å². The Hall–Kier alpha value is -2.43. The predicted octanol–water partition coefficient (Wildman–Crippen LogP) is 2.16. The molecule has 4 rings (SSSR count). The Balaban J connectivity index is 1.93. The molecule has 1 aromatic carbocycles. The lowest BCUT2D eigenvalue weighted by Crippen LogP contribution is -2.51. The van der Waals surface area contributed by atoms with Crippen molar-refractivity contribution >= 4 is 28.9 Å². The van der Waals surface area contributed by atoms with E-state index in [0.29, 0.717) is 0 Å². The Morgan fingerprint density at radius 2 is 1.72 bits per heavy atom. The van der Waals surface area contributed by atoms with Gasteiger partial charge in [0.05, 0.1) is 17.9 Å². The molecule has 2 amide bonds. The highest BCUT2D eigenvalue weighted by Crippen LogP contribution is 2.49. The Labute approximate surface area is 147 Å².